The molecule has 34 heavy (non-hydrogen) atoms. The highest BCUT2D eigenvalue weighted by molar-refractivity contribution is 5.86. The van der Waals surface area contributed by atoms with Gasteiger partial charge < -0.3 is 9.88 Å². The number of para-hydroxylation sites is 1. The Morgan fingerprint density at radius 1 is 1.00 bits per heavy atom. The van der Waals surface area contributed by atoms with Crippen LogP contribution in [0.4, 0.5) is 5.69 Å². The number of piperazine rings is 1. The van der Waals surface area contributed by atoms with Gasteiger partial charge in [0.2, 0.25) is 0 Å². The van der Waals surface area contributed by atoms with Crippen molar-refractivity contribution in [2.24, 2.45) is 0 Å². The summed E-state index contributed by atoms with van der Waals surface area (Å²) in [5.41, 5.74) is 3.41. The predicted octanol–water partition coefficient (Wildman–Crippen LogP) is 5.85. The Kier molecular flexibility index (Phi) is 6.72. The maximum Gasteiger partial charge on any atom is 0.132 e. The van der Waals surface area contributed by atoms with E-state index < -0.39 is 0 Å². The van der Waals surface area contributed by atoms with Gasteiger partial charge in [-0.15, -0.1) is 0 Å². The Hall–Kier alpha value is -3.44. The first-order valence-electron chi connectivity index (χ1n) is 12.3. The van der Waals surface area contributed by atoms with Crippen molar-refractivity contribution in [2.75, 3.05) is 31.1 Å². The van der Waals surface area contributed by atoms with Crippen LogP contribution in [0, 0.1) is 0 Å². The van der Waals surface area contributed by atoms with E-state index in [2.05, 4.69) is 87.6 Å². The second kappa shape index (κ2) is 10.2. The Labute approximate surface area is 201 Å². The normalized spacial score (nSPS) is 16.7. The molecule has 1 fully saturated rings. The number of Topliss-reactive ketones (excluding diaryl/α,β-unsaturated/α-hetero) is 1. The number of fused-ring (bicyclic) bond motifs is 1. The number of rotatable bonds is 8. The summed E-state index contributed by atoms with van der Waals surface area (Å²) in [7, 11) is 0. The monoisotopic (exact) mass is 452 g/mol. The third-order valence-electron chi connectivity index (χ3n) is 6.85. The van der Waals surface area contributed by atoms with Crippen molar-refractivity contribution < 1.29 is 4.79 Å². The summed E-state index contributed by atoms with van der Waals surface area (Å²) in [4.78, 5) is 25.2. The zero-order chi connectivity index (χ0) is 23.3. The lowest BCUT2D eigenvalue weighted by Gasteiger charge is -2.42. The minimum Gasteiger partial charge on any atom is -0.359 e. The number of H-pyrrole nitrogens is 1. The van der Waals surface area contributed by atoms with Crippen LogP contribution < -0.4 is 4.90 Å². The molecule has 2 heterocycles. The molecule has 3 aromatic carbocycles. The van der Waals surface area contributed by atoms with Crippen LogP contribution in [0.15, 0.2) is 79.0 Å². The molecule has 0 bridgehead atoms. The molecule has 5 nitrogen and oxygen atoms in total. The van der Waals surface area contributed by atoms with E-state index >= 15 is 0 Å². The lowest BCUT2D eigenvalue weighted by atomic mass is 10.1. The molecule has 1 aliphatic rings. The van der Waals surface area contributed by atoms with Crippen LogP contribution in [-0.4, -0.2) is 46.8 Å². The largest absolute Gasteiger partial charge is 0.359 e. The molecule has 4 aromatic rings. The Balaban J connectivity index is 1.39. The van der Waals surface area contributed by atoms with Gasteiger partial charge in [-0.1, -0.05) is 61.5 Å². The van der Waals surface area contributed by atoms with Crippen LogP contribution >= 0.6 is 0 Å². The van der Waals surface area contributed by atoms with Gasteiger partial charge in [0.25, 0.3) is 0 Å². The SMILES string of the molecule is CCC(=O)CCCN1CCN(c2ccccc2)C(c2ncc(-c3ccc4ccccc4c3)[nH]2)C1. The fourth-order valence-corrected chi connectivity index (χ4v) is 4.89. The standard InChI is InChI=1S/C29H32N4O/c1-2-26(34)13-8-16-32-17-18-33(25-11-4-3-5-12-25)28(21-32)29-30-20-27(31-29)24-15-14-22-9-6-7-10-23(22)19-24/h3-7,9-12,14-15,19-20,28H,2,8,13,16-18,21H2,1H3,(H,30,31). The fourth-order valence-electron chi connectivity index (χ4n) is 4.89. The van der Waals surface area contributed by atoms with Crippen molar-refractivity contribution in [2.45, 2.75) is 32.2 Å². The first-order chi connectivity index (χ1) is 16.7. The van der Waals surface area contributed by atoms with E-state index in [0.717, 1.165) is 49.7 Å². The zero-order valence-electron chi connectivity index (χ0n) is 19.8. The topological polar surface area (TPSA) is 52.2 Å². The number of hydrogen-bond donors (Lipinski definition) is 1. The van der Waals surface area contributed by atoms with Gasteiger partial charge in [-0.25, -0.2) is 4.98 Å². The number of anilines is 1. The van der Waals surface area contributed by atoms with Crippen molar-refractivity contribution in [1.82, 2.24) is 14.9 Å². The third-order valence-corrected chi connectivity index (χ3v) is 6.85. The maximum atomic E-state index is 11.8. The molecule has 0 aliphatic carbocycles. The number of carbonyl (C=O) groups is 1. The van der Waals surface area contributed by atoms with Gasteiger partial charge in [0.1, 0.15) is 11.6 Å². The lowest BCUT2D eigenvalue weighted by molar-refractivity contribution is -0.118. The first kappa shape index (κ1) is 22.4. The van der Waals surface area contributed by atoms with E-state index in [1.165, 1.54) is 16.5 Å². The van der Waals surface area contributed by atoms with Crippen molar-refractivity contribution in [3.8, 4) is 11.3 Å². The van der Waals surface area contributed by atoms with Gasteiger partial charge in [0.05, 0.1) is 17.9 Å². The van der Waals surface area contributed by atoms with Crippen molar-refractivity contribution >= 4 is 22.2 Å². The highest BCUT2D eigenvalue weighted by Crippen LogP contribution is 2.31. The molecular weight excluding hydrogens is 420 g/mol. The van der Waals surface area contributed by atoms with E-state index in [-0.39, 0.29) is 6.04 Å². The molecule has 1 saturated heterocycles. The van der Waals surface area contributed by atoms with Crippen LogP contribution in [-0.2, 0) is 4.79 Å². The number of imidazole rings is 1. The van der Waals surface area contributed by atoms with Gasteiger partial charge in [0, 0.05) is 43.7 Å². The first-order valence-corrected chi connectivity index (χ1v) is 12.3. The summed E-state index contributed by atoms with van der Waals surface area (Å²) in [5.74, 6) is 1.34. The van der Waals surface area contributed by atoms with Crippen LogP contribution in [0.1, 0.15) is 38.1 Å². The maximum absolute atomic E-state index is 11.8. The molecule has 1 unspecified atom stereocenters. The average Bonchev–Trinajstić information content (AvgIpc) is 3.39. The highest BCUT2D eigenvalue weighted by atomic mass is 16.1. The number of carbonyl (C=O) groups excluding carboxylic acids is 1. The molecule has 0 spiro atoms. The second-order valence-corrected chi connectivity index (χ2v) is 9.09. The summed E-state index contributed by atoms with van der Waals surface area (Å²) < 4.78 is 0. The van der Waals surface area contributed by atoms with Crippen LogP contribution in [0.25, 0.3) is 22.0 Å². The molecule has 1 N–H and O–H groups in total. The summed E-state index contributed by atoms with van der Waals surface area (Å²) >= 11 is 0. The summed E-state index contributed by atoms with van der Waals surface area (Å²) in [6.45, 7) is 5.70. The van der Waals surface area contributed by atoms with Gasteiger partial charge >= 0.3 is 0 Å². The number of aromatic amines is 1. The molecule has 0 radical (unpaired) electrons. The van der Waals surface area contributed by atoms with E-state index in [1.807, 2.05) is 13.1 Å². The summed E-state index contributed by atoms with van der Waals surface area (Å²) in [6.07, 6.45) is 4.19. The molecule has 0 amide bonds. The number of nitrogens with zero attached hydrogens (tertiary/aromatic N) is 3. The predicted molar refractivity (Wildman–Crippen MR) is 139 cm³/mol. The van der Waals surface area contributed by atoms with Gasteiger partial charge in [-0.3, -0.25) is 9.69 Å². The molecular formula is C29H32N4O. The van der Waals surface area contributed by atoms with E-state index in [0.29, 0.717) is 18.6 Å². The van der Waals surface area contributed by atoms with Crippen LogP contribution in [0.2, 0.25) is 0 Å². The highest BCUT2D eigenvalue weighted by Gasteiger charge is 2.30. The Morgan fingerprint density at radius 3 is 2.62 bits per heavy atom. The average molecular weight is 453 g/mol. The number of hydrogen-bond acceptors (Lipinski definition) is 4. The zero-order valence-corrected chi connectivity index (χ0v) is 19.8. The smallest absolute Gasteiger partial charge is 0.132 e. The van der Waals surface area contributed by atoms with Crippen LogP contribution in [0.5, 0.6) is 0 Å². The van der Waals surface area contributed by atoms with Crippen molar-refractivity contribution in [1.29, 1.82) is 0 Å². The minimum absolute atomic E-state index is 0.132. The number of ketones is 1. The Morgan fingerprint density at radius 2 is 1.79 bits per heavy atom. The molecule has 0 saturated carbocycles. The van der Waals surface area contributed by atoms with Crippen molar-refractivity contribution in [3.05, 3.63) is 84.8 Å². The van der Waals surface area contributed by atoms with Gasteiger partial charge in [-0.05, 0) is 41.9 Å². The number of nitrogens with one attached hydrogen (secondary N) is 1. The number of benzene rings is 3. The minimum atomic E-state index is 0.132. The quantitative estimate of drug-likeness (QED) is 0.364. The fraction of sp³-hybridized carbons (Fsp3) is 0.310. The molecule has 5 rings (SSSR count). The van der Waals surface area contributed by atoms with Gasteiger partial charge in [-0.2, -0.15) is 0 Å². The molecule has 1 atom stereocenters. The lowest BCUT2D eigenvalue weighted by Crippen LogP contribution is -2.49. The van der Waals surface area contributed by atoms with Gasteiger partial charge in [0.15, 0.2) is 0 Å². The summed E-state index contributed by atoms with van der Waals surface area (Å²) in [6, 6.07) is 25.7. The van der Waals surface area contributed by atoms with Crippen LogP contribution in [0.3, 0.4) is 0 Å². The van der Waals surface area contributed by atoms with E-state index in [4.69, 9.17) is 4.98 Å². The molecule has 5 heteroatoms. The molecule has 1 aliphatic heterocycles. The third kappa shape index (κ3) is 4.90. The van der Waals surface area contributed by atoms with E-state index in [1.54, 1.807) is 0 Å². The number of aromatic nitrogens is 2. The molecule has 1 aromatic heterocycles. The summed E-state index contributed by atoms with van der Waals surface area (Å²) in [5, 5.41) is 2.47. The Bertz CT molecular complexity index is 1250. The second-order valence-electron chi connectivity index (χ2n) is 9.09. The molecule has 174 valence electrons. The van der Waals surface area contributed by atoms with E-state index in [9.17, 15) is 4.79 Å². The van der Waals surface area contributed by atoms with Crippen molar-refractivity contribution in [3.63, 3.8) is 0 Å².